The first kappa shape index (κ1) is 34.6. The number of aromatic hydroxyl groups is 1. The number of aromatic nitrogens is 2. The van der Waals surface area contributed by atoms with Crippen LogP contribution in [0.1, 0.15) is 46.4 Å². The molecule has 15 nitrogen and oxygen atoms in total. The molecule has 3 N–H and O–H groups in total. The Morgan fingerprint density at radius 3 is 2.46 bits per heavy atom. The van der Waals surface area contributed by atoms with E-state index in [0.29, 0.717) is 34.3 Å². The van der Waals surface area contributed by atoms with Gasteiger partial charge in [-0.2, -0.15) is 0 Å². The highest BCUT2D eigenvalue weighted by molar-refractivity contribution is 6.23. The molecule has 4 saturated heterocycles. The fourth-order valence-electron chi connectivity index (χ4n) is 9.08. The van der Waals surface area contributed by atoms with Crippen LogP contribution in [0.5, 0.6) is 5.75 Å². The number of phenols is 1. The Hall–Kier alpha value is -5.12. The van der Waals surface area contributed by atoms with Gasteiger partial charge in [0.25, 0.3) is 11.8 Å². The van der Waals surface area contributed by atoms with Gasteiger partial charge < -0.3 is 25.0 Å². The lowest BCUT2D eigenvalue weighted by Crippen LogP contribution is -2.60. The van der Waals surface area contributed by atoms with Crippen LogP contribution in [0.4, 0.5) is 17.2 Å². The van der Waals surface area contributed by atoms with Gasteiger partial charge in [-0.1, -0.05) is 12.1 Å². The largest absolute Gasteiger partial charge is 0.507 e. The molecule has 3 atom stereocenters. The summed E-state index contributed by atoms with van der Waals surface area (Å²) in [5.74, 6) is -0.396. The summed E-state index contributed by atoms with van der Waals surface area (Å²) in [5.41, 5.74) is 3.90. The van der Waals surface area contributed by atoms with E-state index in [2.05, 4.69) is 40.4 Å². The Balaban J connectivity index is 0.761. The lowest BCUT2D eigenvalue weighted by molar-refractivity contribution is -0.136. The van der Waals surface area contributed by atoms with Gasteiger partial charge in [0.2, 0.25) is 11.8 Å². The van der Waals surface area contributed by atoms with Gasteiger partial charge >= 0.3 is 0 Å². The van der Waals surface area contributed by atoms with Crippen molar-refractivity contribution in [3.63, 3.8) is 0 Å². The summed E-state index contributed by atoms with van der Waals surface area (Å²) >= 11 is 0. The number of nitrogens with one attached hydrogen (secondary N) is 2. The molecular weight excluding hydrogens is 690 g/mol. The van der Waals surface area contributed by atoms with Crippen LogP contribution < -0.4 is 20.4 Å². The van der Waals surface area contributed by atoms with Crippen LogP contribution in [0.25, 0.3) is 11.3 Å². The van der Waals surface area contributed by atoms with Crippen LogP contribution in [-0.4, -0.2) is 144 Å². The predicted octanol–water partition coefficient (Wildman–Crippen LogP) is 1.78. The molecule has 4 amide bonds. The fraction of sp³-hybridized carbons (Fsp3) is 0.487. The van der Waals surface area contributed by atoms with Crippen molar-refractivity contribution in [2.75, 3.05) is 87.2 Å². The second-order valence-corrected chi connectivity index (χ2v) is 15.3. The summed E-state index contributed by atoms with van der Waals surface area (Å²) in [7, 11) is 0. The van der Waals surface area contributed by atoms with Crippen LogP contribution in [0.15, 0.2) is 48.5 Å². The maximum atomic E-state index is 13.4. The van der Waals surface area contributed by atoms with Crippen molar-refractivity contribution < 1.29 is 29.0 Å². The Kier molecular flexibility index (Phi) is 9.15. The number of para-hydroxylation sites is 1. The smallest absolute Gasteiger partial charge is 0.262 e. The van der Waals surface area contributed by atoms with Crippen LogP contribution in [0, 0.1) is 5.92 Å². The zero-order chi connectivity index (χ0) is 36.9. The van der Waals surface area contributed by atoms with Gasteiger partial charge in [0.05, 0.1) is 41.3 Å². The summed E-state index contributed by atoms with van der Waals surface area (Å²) in [4.78, 5) is 61.4. The zero-order valence-corrected chi connectivity index (χ0v) is 30.2. The van der Waals surface area contributed by atoms with Gasteiger partial charge in [0.15, 0.2) is 5.82 Å². The highest BCUT2D eigenvalue weighted by Crippen LogP contribution is 2.37. The predicted molar refractivity (Wildman–Crippen MR) is 199 cm³/mol. The average Bonchev–Trinajstić information content (AvgIpc) is 3.43. The van der Waals surface area contributed by atoms with Crippen LogP contribution >= 0.6 is 0 Å². The summed E-state index contributed by atoms with van der Waals surface area (Å²) < 4.78 is 6.30. The number of rotatable bonds is 7. The van der Waals surface area contributed by atoms with E-state index in [-0.39, 0.29) is 30.6 Å². The SMILES string of the molecule is O=C1CCC(N2C(=O)c3ccc(N4CCC(CN5CCOC(CN6CCN7c8cc(-c9ccccc9O)nnc8NCC7C6)C5)CC4)cc3C2=O)C(=O)N1. The lowest BCUT2D eigenvalue weighted by Gasteiger charge is -2.47. The molecule has 7 heterocycles. The number of piperazine rings is 1. The maximum absolute atomic E-state index is 13.4. The number of amides is 4. The summed E-state index contributed by atoms with van der Waals surface area (Å²) in [6.45, 7) is 9.75. The first-order valence-corrected chi connectivity index (χ1v) is 19.1. The van der Waals surface area contributed by atoms with Gasteiger partial charge in [-0.15, -0.1) is 10.2 Å². The minimum absolute atomic E-state index is 0.0995. The van der Waals surface area contributed by atoms with E-state index in [9.17, 15) is 24.3 Å². The van der Waals surface area contributed by atoms with Crippen LogP contribution in [0.2, 0.25) is 0 Å². The molecule has 3 unspecified atom stereocenters. The number of morpholine rings is 1. The van der Waals surface area contributed by atoms with Crippen molar-refractivity contribution >= 4 is 40.8 Å². The number of carbonyl (C=O) groups excluding carboxylic acids is 4. The number of hydrogen-bond acceptors (Lipinski definition) is 13. The van der Waals surface area contributed by atoms with Gasteiger partial charge in [-0.25, -0.2) is 0 Å². The van der Waals surface area contributed by atoms with E-state index >= 15 is 0 Å². The molecule has 282 valence electrons. The number of piperidine rings is 2. The Morgan fingerprint density at radius 2 is 1.63 bits per heavy atom. The summed E-state index contributed by atoms with van der Waals surface area (Å²) in [5, 5.41) is 25.0. The number of ether oxygens (including phenoxy) is 1. The first-order chi connectivity index (χ1) is 26.3. The van der Waals surface area contributed by atoms with E-state index in [1.54, 1.807) is 24.3 Å². The molecular formula is C39H45N9O6. The number of phenolic OH excluding ortho intramolecular Hbond substituents is 1. The minimum Gasteiger partial charge on any atom is -0.507 e. The number of benzene rings is 2. The first-order valence-electron chi connectivity index (χ1n) is 19.1. The lowest BCUT2D eigenvalue weighted by atomic mass is 9.95. The molecule has 15 heteroatoms. The fourth-order valence-corrected chi connectivity index (χ4v) is 9.08. The molecule has 2 aromatic carbocycles. The van der Waals surface area contributed by atoms with E-state index < -0.39 is 23.8 Å². The van der Waals surface area contributed by atoms with Gasteiger partial charge in [0, 0.05) is 83.1 Å². The molecule has 4 fully saturated rings. The van der Waals surface area contributed by atoms with Gasteiger partial charge in [-0.05, 0) is 61.6 Å². The molecule has 6 aliphatic heterocycles. The molecule has 9 rings (SSSR count). The minimum atomic E-state index is -0.964. The standard InChI is InChI=1S/C39H45N9O6/c49-34-4-2-1-3-29(34)31-18-33-36(43-42-31)40-19-26-21-44(13-14-47(26)33)22-27-23-45(15-16-54-27)20-24-9-11-46(12-10-24)25-5-6-28-30(17-25)39(53)48(38(28)52)32-7-8-35(50)41-37(32)51/h1-6,17-18,24,26-27,32,49H,7-16,19-23H2,(H,40,43)(H,41,50,51). The highest BCUT2D eigenvalue weighted by Gasteiger charge is 2.45. The van der Waals surface area contributed by atoms with E-state index in [4.69, 9.17) is 4.74 Å². The van der Waals surface area contributed by atoms with E-state index in [1.165, 1.54) is 0 Å². The van der Waals surface area contributed by atoms with Crippen molar-refractivity contribution in [1.29, 1.82) is 0 Å². The Morgan fingerprint density at radius 1 is 0.815 bits per heavy atom. The third-order valence-corrected chi connectivity index (χ3v) is 11.9. The number of fused-ring (bicyclic) bond motifs is 4. The summed E-state index contributed by atoms with van der Waals surface area (Å²) in [6, 6.07) is 14.0. The molecule has 1 aromatic heterocycles. The van der Waals surface area contributed by atoms with Crippen molar-refractivity contribution in [2.45, 2.75) is 43.9 Å². The normalized spacial score (nSPS) is 25.3. The number of carbonyl (C=O) groups is 4. The number of anilines is 3. The van der Waals surface area contributed by atoms with Crippen molar-refractivity contribution in [1.82, 2.24) is 30.2 Å². The second-order valence-electron chi connectivity index (χ2n) is 15.3. The highest BCUT2D eigenvalue weighted by atomic mass is 16.5. The maximum Gasteiger partial charge on any atom is 0.262 e. The third-order valence-electron chi connectivity index (χ3n) is 11.9. The molecule has 0 bridgehead atoms. The van der Waals surface area contributed by atoms with Gasteiger partial charge in [-0.3, -0.25) is 39.2 Å². The van der Waals surface area contributed by atoms with Crippen LogP contribution in [0.3, 0.4) is 0 Å². The Bertz CT molecular complexity index is 1990. The Labute approximate surface area is 313 Å². The molecule has 54 heavy (non-hydrogen) atoms. The topological polar surface area (TPSA) is 164 Å². The molecule has 0 spiro atoms. The van der Waals surface area contributed by atoms with E-state index in [0.717, 1.165) is 107 Å². The number of hydrogen-bond donors (Lipinski definition) is 3. The number of nitrogens with zero attached hydrogens (tertiary/aromatic N) is 7. The second kappa shape index (κ2) is 14.3. The quantitative estimate of drug-likeness (QED) is 0.302. The molecule has 0 aliphatic carbocycles. The molecule has 3 aromatic rings. The van der Waals surface area contributed by atoms with E-state index in [1.807, 2.05) is 24.3 Å². The van der Waals surface area contributed by atoms with Crippen molar-refractivity contribution in [3.8, 4) is 17.0 Å². The average molecular weight is 736 g/mol. The van der Waals surface area contributed by atoms with Crippen molar-refractivity contribution in [3.05, 3.63) is 59.7 Å². The molecule has 6 aliphatic rings. The van der Waals surface area contributed by atoms with Gasteiger partial charge in [0.1, 0.15) is 11.8 Å². The van der Waals surface area contributed by atoms with Crippen LogP contribution in [-0.2, 0) is 14.3 Å². The summed E-state index contributed by atoms with van der Waals surface area (Å²) in [6.07, 6.45) is 2.46. The molecule has 0 radical (unpaired) electrons. The zero-order valence-electron chi connectivity index (χ0n) is 30.2. The number of imide groups is 2. The molecule has 0 saturated carbocycles. The van der Waals surface area contributed by atoms with Crippen molar-refractivity contribution in [2.24, 2.45) is 5.92 Å². The monoisotopic (exact) mass is 735 g/mol. The third kappa shape index (κ3) is 6.54.